The van der Waals surface area contributed by atoms with E-state index in [1.807, 2.05) is 24.3 Å². The van der Waals surface area contributed by atoms with Crippen LogP contribution in [0.25, 0.3) is 22.9 Å². The predicted molar refractivity (Wildman–Crippen MR) is 280 cm³/mol. The van der Waals surface area contributed by atoms with Gasteiger partial charge in [-0.25, -0.2) is 0 Å². The number of carbonyl (C=O) groups excluding carboxylic acids is 2. The second-order valence-corrected chi connectivity index (χ2v) is 19.8. The summed E-state index contributed by atoms with van der Waals surface area (Å²) >= 11 is 9.98. The summed E-state index contributed by atoms with van der Waals surface area (Å²) in [4.78, 5) is 113. The Morgan fingerprint density at radius 3 is 1.61 bits per heavy atom. The van der Waals surface area contributed by atoms with Crippen LogP contribution in [0.2, 0.25) is 0 Å². The number of phosphoric acid groups is 3. The Hall–Kier alpha value is -4.83. The van der Waals surface area contributed by atoms with E-state index in [0.717, 1.165) is 72.0 Å². The van der Waals surface area contributed by atoms with Gasteiger partial charge in [0.25, 0.3) is 23.1 Å². The fourth-order valence-electron chi connectivity index (χ4n) is 7.31. The van der Waals surface area contributed by atoms with E-state index in [9.17, 15) is 67.6 Å². The minimum absolute atomic E-state index is 0. The van der Waals surface area contributed by atoms with E-state index in [1.54, 1.807) is 18.2 Å². The molecular weight excluding hydrogens is 1180 g/mol. The average molecular weight is 1240 g/mol. The summed E-state index contributed by atoms with van der Waals surface area (Å²) in [5, 5.41) is 11.6. The smallest absolute Gasteiger partial charge is 0.780 e. The number of likely N-dealkylation sites (N-methyl/N-ethyl adjacent to an activating group) is 2. The first-order valence-corrected chi connectivity index (χ1v) is 25.6. The van der Waals surface area contributed by atoms with Crippen molar-refractivity contribution in [2.75, 3.05) is 21.1 Å². The van der Waals surface area contributed by atoms with Crippen molar-refractivity contribution >= 4 is 105 Å². The molecule has 3 heterocycles. The van der Waals surface area contributed by atoms with E-state index in [2.05, 4.69) is 63.3 Å². The molecule has 0 aliphatic carbocycles. The van der Waals surface area contributed by atoms with Gasteiger partial charge in [-0.1, -0.05) is 54.6 Å². The monoisotopic (exact) mass is 1240 g/mol. The first-order chi connectivity index (χ1) is 33.3. The van der Waals surface area contributed by atoms with Crippen molar-refractivity contribution < 1.29 is 168 Å². The number of fused-ring (bicyclic) bond motifs is 2. The Morgan fingerprint density at radius 1 is 0.637 bits per heavy atom. The number of phosphoric ester groups is 3. The molecule has 5 aromatic rings. The Kier molecular flexibility index (Phi) is 33.4. The minimum Gasteiger partial charge on any atom is -0.780 e. The molecule has 0 radical (unpaired) electrons. The summed E-state index contributed by atoms with van der Waals surface area (Å²) in [5.74, 6) is -2.09. The molecule has 1 fully saturated rings. The number of hydrogen-bond acceptors (Lipinski definition) is 19. The zero-order valence-corrected chi connectivity index (χ0v) is 52.1. The van der Waals surface area contributed by atoms with Crippen LogP contribution in [0.4, 0.5) is 11.4 Å². The van der Waals surface area contributed by atoms with Crippen LogP contribution in [0.5, 0.6) is 17.4 Å². The third-order valence-electron chi connectivity index (χ3n) is 10.8. The van der Waals surface area contributed by atoms with Gasteiger partial charge in [0.1, 0.15) is 53.2 Å². The fourth-order valence-corrected chi connectivity index (χ4v) is 8.86. The molecule has 2 aliphatic heterocycles. The van der Waals surface area contributed by atoms with Crippen LogP contribution in [0.1, 0.15) is 30.5 Å². The molecule has 0 spiro atoms. The molecule has 2 aliphatic rings. The number of non-ortho nitro benzene ring substituents is 1. The molecule has 428 valence electrons. The molecule has 80 heavy (non-hydrogen) atoms. The SMILES string of the molecule is CN1C(=O)C(=C/C=C/c2c(OP(=O)([O-])[O-])n(C)c(=S)n(C)c2=O)C(=O)N(C)C1=S.C[N+]1=C(/C=C/c2ccc(OP(=O)([O-])[O-])c3ccccc23)C(C)(C)c2ccccc21.O.O.O.O.O.O.O=[N+]([O-])c1ccc(OP(=O)([O-])[O-])cc1.[Na+].[Na+]. The molecule has 0 atom stereocenters. The Balaban J connectivity index is -0.000000543. The van der Waals surface area contributed by atoms with Crippen molar-refractivity contribution in [2.45, 2.75) is 19.3 Å². The molecule has 36 heteroatoms. The molecule has 0 saturated carbocycles. The van der Waals surface area contributed by atoms with Crippen molar-refractivity contribution in [3.63, 3.8) is 0 Å². The van der Waals surface area contributed by atoms with Gasteiger partial charge < -0.3 is 89.5 Å². The van der Waals surface area contributed by atoms with E-state index < -0.39 is 51.6 Å². The number of nitrogens with zero attached hydrogens (tertiary/aromatic N) is 6. The summed E-state index contributed by atoms with van der Waals surface area (Å²) in [6, 6.07) is 23.0. The third-order valence-corrected chi connectivity index (χ3v) is 13.1. The third kappa shape index (κ3) is 20.0. The Labute approximate surface area is 510 Å². The standard InChI is InChI=1S/C23H22NO4P.C15H17N4O7PS2.C6H6NO6P.2Na.6H2O/c1-23(2)19-10-6-7-11-20(19)24(3)22(23)15-13-16-12-14-21(28-29(25,26)27)18-9-5-4-8-17(16)18;1-16-10(20)8(11(21)17(2)14(16)28)6-5-7-9-12(22)18(3)15(29)19(4)13(9)26-27(23,24)25;8-7(9)5-1-3-6(4-2-5)13-14(10,11)12;;;;;;;;/h4-15H,1-3H3,(H-,25,26,27);5-7H,1-4H3,(H2,23,24,25);1-4H,(H2,10,11,12);;;6*1H2/q;;;2*+1;;;;;;/p-5/b15-13+;7-5+;;;;;;;;;. The van der Waals surface area contributed by atoms with Crippen molar-refractivity contribution in [3.05, 3.63) is 151 Å². The van der Waals surface area contributed by atoms with Crippen LogP contribution >= 0.6 is 47.9 Å². The van der Waals surface area contributed by atoms with Gasteiger partial charge in [-0.3, -0.25) is 43.4 Å². The molecule has 7 rings (SSSR count). The Bertz CT molecular complexity index is 3420. The van der Waals surface area contributed by atoms with Gasteiger partial charge in [-0.15, -0.1) is 0 Å². The largest absolute Gasteiger partial charge is 1.00 e. The maximum atomic E-state index is 12.5. The van der Waals surface area contributed by atoms with Gasteiger partial charge in [0, 0.05) is 63.4 Å². The number of carbonyl (C=O) groups is 2. The maximum Gasteiger partial charge on any atom is 1.00 e. The summed E-state index contributed by atoms with van der Waals surface area (Å²) in [7, 11) is -8.22. The summed E-state index contributed by atoms with van der Waals surface area (Å²) in [6.07, 6.45) is 7.52. The number of benzene rings is 4. The molecule has 0 unspecified atom stereocenters. The van der Waals surface area contributed by atoms with E-state index >= 15 is 0 Å². The molecule has 2 amide bonds. The van der Waals surface area contributed by atoms with E-state index in [0.29, 0.717) is 5.39 Å². The fraction of sp³-hybridized carbons (Fsp3) is 0.182. The van der Waals surface area contributed by atoms with Crippen LogP contribution in [-0.2, 0) is 42.8 Å². The number of rotatable bonds is 11. The minimum atomic E-state index is -5.50. The normalized spacial score (nSPS) is 13.3. The predicted octanol–water partition coefficient (Wildman–Crippen LogP) is -8.56. The first kappa shape index (κ1) is 81.6. The van der Waals surface area contributed by atoms with Gasteiger partial charge in [-0.2, -0.15) is 4.58 Å². The topological polar surface area (TPSA) is 520 Å². The maximum absolute atomic E-state index is 12.5. The van der Waals surface area contributed by atoms with Crippen molar-refractivity contribution in [1.82, 2.24) is 18.9 Å². The number of aromatic nitrogens is 2. The van der Waals surface area contributed by atoms with Gasteiger partial charge >= 0.3 is 59.1 Å². The van der Waals surface area contributed by atoms with E-state index in [-0.39, 0.29) is 136 Å². The number of nitro groups is 1. The molecule has 1 aromatic heterocycles. The molecule has 12 N–H and O–H groups in total. The zero-order chi connectivity index (χ0) is 53.8. The number of para-hydroxylation sites is 1. The van der Waals surface area contributed by atoms with Gasteiger partial charge in [0.15, 0.2) is 15.6 Å². The quantitative estimate of drug-likeness (QED) is 0.0173. The number of nitro benzene ring substituents is 1. The number of amides is 2. The summed E-state index contributed by atoms with van der Waals surface area (Å²) < 4.78 is 49.4. The number of thiocarbonyl (C=S) groups is 1. The van der Waals surface area contributed by atoms with E-state index in [4.69, 9.17) is 24.4 Å². The van der Waals surface area contributed by atoms with Crippen molar-refractivity contribution in [1.29, 1.82) is 0 Å². The van der Waals surface area contributed by atoms with Crippen LogP contribution in [0.3, 0.4) is 0 Å². The second-order valence-electron chi connectivity index (χ2n) is 15.9. The van der Waals surface area contributed by atoms with Crippen molar-refractivity contribution in [3.8, 4) is 17.4 Å². The van der Waals surface area contributed by atoms with Crippen LogP contribution in [-0.4, -0.2) is 105 Å². The molecular formula is C44H52N6Na2O23P3S2-3. The average Bonchev–Trinajstić information content (AvgIpc) is 3.49. The summed E-state index contributed by atoms with van der Waals surface area (Å²) in [6.45, 7) is 4.40. The molecule has 1 saturated heterocycles. The molecule has 4 aromatic carbocycles. The Morgan fingerprint density at radius 2 is 1.12 bits per heavy atom. The second kappa shape index (κ2) is 32.7. The van der Waals surface area contributed by atoms with Crippen LogP contribution in [0.15, 0.2) is 114 Å². The molecule has 0 bridgehead atoms. The van der Waals surface area contributed by atoms with Crippen molar-refractivity contribution in [2.24, 2.45) is 14.1 Å². The van der Waals surface area contributed by atoms with Crippen LogP contribution in [0, 0.1) is 14.9 Å². The number of hydrogen-bond donors (Lipinski definition) is 0. The molecule has 29 nitrogen and oxygen atoms in total. The van der Waals surface area contributed by atoms with Gasteiger partial charge in [0.05, 0.1) is 10.3 Å². The van der Waals surface area contributed by atoms with Gasteiger partial charge in [-0.05, 0) is 85.7 Å². The van der Waals surface area contributed by atoms with E-state index in [1.165, 1.54) is 51.6 Å². The number of allylic oxidation sites excluding steroid dienone is 3. The zero-order valence-electron chi connectivity index (χ0n) is 43.8. The van der Waals surface area contributed by atoms with Gasteiger partial charge in [0.2, 0.25) is 11.6 Å². The summed E-state index contributed by atoms with van der Waals surface area (Å²) in [5.41, 5.74) is 2.87. The van der Waals surface area contributed by atoms with Crippen LogP contribution < -0.4 is 108 Å². The first-order valence-electron chi connectivity index (χ1n) is 20.4.